The van der Waals surface area contributed by atoms with Crippen molar-refractivity contribution >= 4 is 26.7 Å². The smallest absolute Gasteiger partial charge is 0.264 e. The van der Waals surface area contributed by atoms with Crippen molar-refractivity contribution in [3.05, 3.63) is 54.1 Å². The number of halogens is 1. The summed E-state index contributed by atoms with van der Waals surface area (Å²) in [6.45, 7) is 6.50. The van der Waals surface area contributed by atoms with Crippen LogP contribution in [-0.4, -0.2) is 18.0 Å². The Morgan fingerprint density at radius 2 is 2.04 bits per heavy atom. The largest absolute Gasteiger partial charge is 0.331 e. The Labute approximate surface area is 146 Å². The lowest BCUT2D eigenvalue weighted by molar-refractivity contribution is 0.530. The summed E-state index contributed by atoms with van der Waals surface area (Å²) in [7, 11) is -3.94. The minimum absolute atomic E-state index is 0.0614. The third-order valence-electron chi connectivity index (χ3n) is 3.81. The minimum Gasteiger partial charge on any atom is -0.331 e. The number of fused-ring (bicyclic) bond motifs is 1. The molecule has 3 rings (SSSR count). The van der Waals surface area contributed by atoms with Gasteiger partial charge in [0.05, 0.1) is 5.69 Å². The second-order valence-corrected chi connectivity index (χ2v) is 8.15. The van der Waals surface area contributed by atoms with E-state index in [1.54, 1.807) is 37.5 Å². The van der Waals surface area contributed by atoms with Gasteiger partial charge in [0.25, 0.3) is 10.0 Å². The number of sulfonamides is 1. The molecular formula is C18H20FN3O2S. The van der Waals surface area contributed by atoms with Crippen LogP contribution in [0, 0.1) is 18.7 Å². The molecule has 2 aromatic heterocycles. The number of hydrogen-bond acceptors (Lipinski definition) is 3. The second-order valence-electron chi connectivity index (χ2n) is 6.50. The molecule has 0 atom stereocenters. The van der Waals surface area contributed by atoms with Crippen molar-refractivity contribution in [3.8, 4) is 0 Å². The van der Waals surface area contributed by atoms with Gasteiger partial charge in [0.15, 0.2) is 0 Å². The molecule has 3 aromatic rings. The van der Waals surface area contributed by atoms with E-state index in [9.17, 15) is 12.8 Å². The van der Waals surface area contributed by atoms with Crippen molar-refractivity contribution in [1.82, 2.24) is 9.55 Å². The average Bonchev–Trinajstić information content (AvgIpc) is 2.90. The van der Waals surface area contributed by atoms with Crippen LogP contribution in [0.25, 0.3) is 11.0 Å². The van der Waals surface area contributed by atoms with Crippen molar-refractivity contribution in [2.45, 2.75) is 32.2 Å². The molecule has 0 aliphatic rings. The quantitative estimate of drug-likeness (QED) is 0.749. The molecule has 2 heterocycles. The number of pyridine rings is 1. The Morgan fingerprint density at radius 3 is 2.76 bits per heavy atom. The molecule has 5 nitrogen and oxygen atoms in total. The van der Waals surface area contributed by atoms with Crippen molar-refractivity contribution in [2.24, 2.45) is 5.92 Å². The minimum atomic E-state index is -3.94. The van der Waals surface area contributed by atoms with Gasteiger partial charge in [-0.15, -0.1) is 0 Å². The average molecular weight is 361 g/mol. The van der Waals surface area contributed by atoms with Crippen LogP contribution in [0.4, 0.5) is 10.1 Å². The van der Waals surface area contributed by atoms with Gasteiger partial charge in [-0.2, -0.15) is 0 Å². The first-order valence-corrected chi connectivity index (χ1v) is 9.49. The Morgan fingerprint density at radius 1 is 1.28 bits per heavy atom. The molecule has 0 aliphatic heterocycles. The normalized spacial score (nSPS) is 12.0. The van der Waals surface area contributed by atoms with Crippen LogP contribution < -0.4 is 4.72 Å². The zero-order valence-electron chi connectivity index (χ0n) is 14.3. The molecule has 0 radical (unpaired) electrons. The van der Waals surface area contributed by atoms with Gasteiger partial charge in [0.2, 0.25) is 0 Å². The molecule has 0 bridgehead atoms. The highest BCUT2D eigenvalue weighted by Crippen LogP contribution is 2.27. The third kappa shape index (κ3) is 3.51. The molecule has 25 heavy (non-hydrogen) atoms. The predicted molar refractivity (Wildman–Crippen MR) is 96.5 cm³/mol. The highest BCUT2D eigenvalue weighted by Gasteiger charge is 2.23. The lowest BCUT2D eigenvalue weighted by Gasteiger charge is -2.09. The third-order valence-corrected chi connectivity index (χ3v) is 5.21. The fourth-order valence-electron chi connectivity index (χ4n) is 2.75. The summed E-state index contributed by atoms with van der Waals surface area (Å²) < 4.78 is 43.9. The van der Waals surface area contributed by atoms with Crippen molar-refractivity contribution in [3.63, 3.8) is 0 Å². The Kier molecular flexibility index (Phi) is 4.51. The number of anilines is 1. The molecule has 0 aliphatic carbocycles. The SMILES string of the molecule is Cc1ccc(F)c(NS(=O)(=O)c2cn(CC(C)C)c3ncccc23)c1. The molecule has 1 aromatic carbocycles. The molecule has 7 heteroatoms. The Bertz CT molecular complexity index is 1030. The van der Waals surface area contributed by atoms with E-state index in [2.05, 4.69) is 9.71 Å². The van der Waals surface area contributed by atoms with Gasteiger partial charge in [0, 0.05) is 24.3 Å². The molecule has 0 fully saturated rings. The van der Waals surface area contributed by atoms with Gasteiger partial charge in [-0.1, -0.05) is 19.9 Å². The highest BCUT2D eigenvalue weighted by atomic mass is 32.2. The van der Waals surface area contributed by atoms with E-state index < -0.39 is 15.8 Å². The molecule has 1 N–H and O–H groups in total. The fourth-order valence-corrected chi connectivity index (χ4v) is 4.02. The first-order chi connectivity index (χ1) is 11.8. The van der Waals surface area contributed by atoms with E-state index >= 15 is 0 Å². The van der Waals surface area contributed by atoms with E-state index in [4.69, 9.17) is 0 Å². The van der Waals surface area contributed by atoms with Gasteiger partial charge in [-0.05, 0) is 42.7 Å². The topological polar surface area (TPSA) is 64.0 Å². The van der Waals surface area contributed by atoms with E-state index in [-0.39, 0.29) is 10.6 Å². The van der Waals surface area contributed by atoms with Crippen LogP contribution in [0.5, 0.6) is 0 Å². The molecular weight excluding hydrogens is 341 g/mol. The number of nitrogens with one attached hydrogen (secondary N) is 1. The summed E-state index contributed by atoms with van der Waals surface area (Å²) in [6, 6.07) is 7.70. The van der Waals surface area contributed by atoms with Crippen LogP contribution in [0.15, 0.2) is 47.6 Å². The van der Waals surface area contributed by atoms with Crippen LogP contribution in [-0.2, 0) is 16.6 Å². The summed E-state index contributed by atoms with van der Waals surface area (Å²) in [5.41, 5.74) is 1.30. The summed E-state index contributed by atoms with van der Waals surface area (Å²) in [4.78, 5) is 4.40. The molecule has 0 spiro atoms. The number of hydrogen-bond donors (Lipinski definition) is 1. The second kappa shape index (κ2) is 6.48. The molecule has 0 unspecified atom stereocenters. The zero-order valence-corrected chi connectivity index (χ0v) is 15.1. The van der Waals surface area contributed by atoms with Gasteiger partial charge in [0.1, 0.15) is 16.4 Å². The number of nitrogens with zero attached hydrogens (tertiary/aromatic N) is 2. The van der Waals surface area contributed by atoms with E-state index in [0.717, 1.165) is 5.56 Å². The number of rotatable bonds is 5. The predicted octanol–water partition coefficient (Wildman–Crippen LogP) is 3.94. The highest BCUT2D eigenvalue weighted by molar-refractivity contribution is 7.93. The van der Waals surface area contributed by atoms with Gasteiger partial charge in [-0.25, -0.2) is 17.8 Å². The molecule has 0 amide bonds. The summed E-state index contributed by atoms with van der Waals surface area (Å²) >= 11 is 0. The number of benzene rings is 1. The van der Waals surface area contributed by atoms with Gasteiger partial charge >= 0.3 is 0 Å². The lowest BCUT2D eigenvalue weighted by atomic mass is 10.2. The summed E-state index contributed by atoms with van der Waals surface area (Å²) in [5.74, 6) is -0.284. The standard InChI is InChI=1S/C18H20FN3O2S/c1-12(2)10-22-11-17(14-5-4-8-20-18(14)22)25(23,24)21-16-9-13(3)6-7-15(16)19/h4-9,11-12,21H,10H2,1-3H3. The van der Waals surface area contributed by atoms with Crippen LogP contribution in [0.1, 0.15) is 19.4 Å². The van der Waals surface area contributed by atoms with Crippen molar-refractivity contribution in [2.75, 3.05) is 4.72 Å². The summed E-state index contributed by atoms with van der Waals surface area (Å²) in [6.07, 6.45) is 3.19. The van der Waals surface area contributed by atoms with Crippen LogP contribution in [0.2, 0.25) is 0 Å². The zero-order chi connectivity index (χ0) is 18.2. The van der Waals surface area contributed by atoms with E-state index in [1.165, 1.54) is 12.1 Å². The number of aryl methyl sites for hydroxylation is 1. The molecule has 132 valence electrons. The van der Waals surface area contributed by atoms with Crippen LogP contribution >= 0.6 is 0 Å². The monoisotopic (exact) mass is 361 g/mol. The van der Waals surface area contributed by atoms with Crippen LogP contribution in [0.3, 0.4) is 0 Å². The Hall–Kier alpha value is -2.41. The first kappa shape index (κ1) is 17.4. The maximum absolute atomic E-state index is 14.0. The summed E-state index contributed by atoms with van der Waals surface area (Å²) in [5, 5.41) is 0.517. The van der Waals surface area contributed by atoms with E-state index in [1.807, 2.05) is 18.4 Å². The Balaban J connectivity index is 2.10. The first-order valence-electron chi connectivity index (χ1n) is 8.01. The number of aromatic nitrogens is 2. The van der Waals surface area contributed by atoms with Crippen molar-refractivity contribution < 1.29 is 12.8 Å². The molecule has 0 saturated heterocycles. The fraction of sp³-hybridized carbons (Fsp3) is 0.278. The van der Waals surface area contributed by atoms with Gasteiger partial charge < -0.3 is 4.57 Å². The molecule has 0 saturated carbocycles. The maximum Gasteiger partial charge on any atom is 0.264 e. The van der Waals surface area contributed by atoms with Crippen molar-refractivity contribution in [1.29, 1.82) is 0 Å². The maximum atomic E-state index is 14.0. The van der Waals surface area contributed by atoms with Gasteiger partial charge in [-0.3, -0.25) is 4.72 Å². The lowest BCUT2D eigenvalue weighted by Crippen LogP contribution is -2.14. The van der Waals surface area contributed by atoms with E-state index in [0.29, 0.717) is 23.5 Å².